The Bertz CT molecular complexity index is 942. The van der Waals surface area contributed by atoms with Gasteiger partial charge in [0.1, 0.15) is 5.01 Å². The highest BCUT2D eigenvalue weighted by atomic mass is 32.1. The molecule has 27 heavy (non-hydrogen) atoms. The molecule has 1 aliphatic heterocycles. The van der Waals surface area contributed by atoms with E-state index in [0.717, 1.165) is 53.2 Å². The molecule has 0 radical (unpaired) electrons. The molecule has 4 rings (SSSR count). The zero-order chi connectivity index (χ0) is 18.8. The molecule has 1 fully saturated rings. The number of carbonyl (C=O) groups excluding carboxylic acids is 1. The largest absolute Gasteiger partial charge is 0.325 e. The minimum atomic E-state index is -0.974. The second kappa shape index (κ2) is 7.70. The third-order valence-electron chi connectivity index (χ3n) is 4.76. The summed E-state index contributed by atoms with van der Waals surface area (Å²) < 4.78 is 27.5. The summed E-state index contributed by atoms with van der Waals surface area (Å²) in [7, 11) is 0. The van der Waals surface area contributed by atoms with E-state index in [-0.39, 0.29) is 24.2 Å². The lowest BCUT2D eigenvalue weighted by atomic mass is 10.0. The monoisotopic (exact) mass is 387 g/mol. The number of benzene rings is 2. The van der Waals surface area contributed by atoms with Gasteiger partial charge in [-0.2, -0.15) is 0 Å². The number of nitrogens with zero attached hydrogens (tertiary/aromatic N) is 2. The number of halogens is 2. The summed E-state index contributed by atoms with van der Waals surface area (Å²) in [6.45, 7) is 1.01. The van der Waals surface area contributed by atoms with E-state index in [2.05, 4.69) is 16.3 Å². The first kappa shape index (κ1) is 18.0. The van der Waals surface area contributed by atoms with Crippen molar-refractivity contribution >= 4 is 33.1 Å². The highest BCUT2D eigenvalue weighted by molar-refractivity contribution is 7.18. The van der Waals surface area contributed by atoms with Gasteiger partial charge in [-0.15, -0.1) is 11.3 Å². The number of carbonyl (C=O) groups is 1. The van der Waals surface area contributed by atoms with Gasteiger partial charge in [-0.05, 0) is 43.7 Å². The maximum absolute atomic E-state index is 13.3. The van der Waals surface area contributed by atoms with Crippen LogP contribution in [0.4, 0.5) is 14.5 Å². The standard InChI is InChI=1S/C20H19F2N3OS/c21-14-9-8-13(11-15(14)22)23-19(26)12-25-10-4-3-6-17(25)20-24-16-5-1-2-7-18(16)27-20/h1-2,5,7-9,11,17H,3-4,6,10,12H2,(H,23,26)/t17-/m0/s1. The van der Waals surface area contributed by atoms with Crippen molar-refractivity contribution in [2.75, 3.05) is 18.4 Å². The molecule has 140 valence electrons. The lowest BCUT2D eigenvalue weighted by molar-refractivity contribution is -0.118. The molecule has 1 amide bonds. The fraction of sp³-hybridized carbons (Fsp3) is 0.300. The number of para-hydroxylation sites is 1. The first-order valence-electron chi connectivity index (χ1n) is 8.94. The molecule has 1 saturated heterocycles. The number of hydrogen-bond donors (Lipinski definition) is 1. The number of rotatable bonds is 4. The smallest absolute Gasteiger partial charge is 0.238 e. The maximum atomic E-state index is 13.3. The summed E-state index contributed by atoms with van der Waals surface area (Å²) in [6.07, 6.45) is 3.08. The van der Waals surface area contributed by atoms with Crippen molar-refractivity contribution in [2.45, 2.75) is 25.3 Å². The van der Waals surface area contributed by atoms with E-state index in [1.807, 2.05) is 18.2 Å². The van der Waals surface area contributed by atoms with E-state index in [9.17, 15) is 13.6 Å². The summed E-state index contributed by atoms with van der Waals surface area (Å²) in [5, 5.41) is 3.68. The Kier molecular flexibility index (Phi) is 5.13. The van der Waals surface area contributed by atoms with E-state index >= 15 is 0 Å². The van der Waals surface area contributed by atoms with Crippen molar-refractivity contribution in [3.63, 3.8) is 0 Å². The highest BCUT2D eigenvalue weighted by Crippen LogP contribution is 2.35. The molecule has 3 aromatic rings. The summed E-state index contributed by atoms with van der Waals surface area (Å²) in [5.41, 5.74) is 1.24. The summed E-state index contributed by atoms with van der Waals surface area (Å²) in [5.74, 6) is -2.15. The van der Waals surface area contributed by atoms with Crippen LogP contribution in [-0.2, 0) is 4.79 Å². The van der Waals surface area contributed by atoms with Gasteiger partial charge in [0.15, 0.2) is 11.6 Å². The fourth-order valence-corrected chi connectivity index (χ4v) is 4.59. The van der Waals surface area contributed by atoms with Gasteiger partial charge in [-0.1, -0.05) is 18.6 Å². The predicted octanol–water partition coefficient (Wildman–Crippen LogP) is 4.74. The molecule has 1 aliphatic rings. The molecule has 0 bridgehead atoms. The van der Waals surface area contributed by atoms with Crippen LogP contribution in [0, 0.1) is 11.6 Å². The van der Waals surface area contributed by atoms with Crippen LogP contribution in [-0.4, -0.2) is 28.9 Å². The molecular formula is C20H19F2N3OS. The minimum Gasteiger partial charge on any atom is -0.325 e. The van der Waals surface area contributed by atoms with Crippen LogP contribution >= 0.6 is 11.3 Å². The number of anilines is 1. The lowest BCUT2D eigenvalue weighted by Crippen LogP contribution is -2.39. The molecule has 1 aromatic heterocycles. The second-order valence-corrected chi connectivity index (χ2v) is 7.74. The first-order chi connectivity index (χ1) is 13.1. The molecule has 2 aromatic carbocycles. The van der Waals surface area contributed by atoms with E-state index in [1.165, 1.54) is 6.07 Å². The van der Waals surface area contributed by atoms with Crippen LogP contribution in [0.1, 0.15) is 30.3 Å². The second-order valence-electron chi connectivity index (χ2n) is 6.68. The Balaban J connectivity index is 1.48. The van der Waals surface area contributed by atoms with Crippen molar-refractivity contribution in [1.82, 2.24) is 9.88 Å². The Hall–Kier alpha value is -2.38. The number of likely N-dealkylation sites (tertiary alicyclic amines) is 1. The molecule has 1 N–H and O–H groups in total. The Morgan fingerprint density at radius 2 is 2.04 bits per heavy atom. The summed E-state index contributed by atoms with van der Waals surface area (Å²) in [6, 6.07) is 11.5. The van der Waals surface area contributed by atoms with E-state index < -0.39 is 11.6 Å². The molecule has 0 aliphatic carbocycles. The van der Waals surface area contributed by atoms with Gasteiger partial charge < -0.3 is 5.32 Å². The molecule has 2 heterocycles. The fourth-order valence-electron chi connectivity index (χ4n) is 3.45. The van der Waals surface area contributed by atoms with Gasteiger partial charge in [-0.3, -0.25) is 9.69 Å². The molecular weight excluding hydrogens is 368 g/mol. The average molecular weight is 387 g/mol. The average Bonchev–Trinajstić information content (AvgIpc) is 3.09. The van der Waals surface area contributed by atoms with E-state index in [4.69, 9.17) is 4.98 Å². The van der Waals surface area contributed by atoms with Crippen LogP contribution < -0.4 is 5.32 Å². The molecule has 0 saturated carbocycles. The third-order valence-corrected chi connectivity index (χ3v) is 5.90. The molecule has 4 nitrogen and oxygen atoms in total. The number of aromatic nitrogens is 1. The number of fused-ring (bicyclic) bond motifs is 1. The van der Waals surface area contributed by atoms with Crippen LogP contribution in [0.15, 0.2) is 42.5 Å². The van der Waals surface area contributed by atoms with Crippen LogP contribution in [0.2, 0.25) is 0 Å². The summed E-state index contributed by atoms with van der Waals surface area (Å²) >= 11 is 1.67. The quantitative estimate of drug-likeness (QED) is 0.703. The van der Waals surface area contributed by atoms with Crippen molar-refractivity contribution in [3.05, 3.63) is 59.1 Å². The van der Waals surface area contributed by atoms with Gasteiger partial charge >= 0.3 is 0 Å². The first-order valence-corrected chi connectivity index (χ1v) is 9.76. The normalized spacial score (nSPS) is 17.9. The number of hydrogen-bond acceptors (Lipinski definition) is 4. The zero-order valence-corrected chi connectivity index (χ0v) is 15.4. The van der Waals surface area contributed by atoms with Crippen molar-refractivity contribution in [3.8, 4) is 0 Å². The minimum absolute atomic E-state index is 0.104. The Morgan fingerprint density at radius 1 is 1.19 bits per heavy atom. The molecule has 0 spiro atoms. The molecule has 1 atom stereocenters. The predicted molar refractivity (Wildman–Crippen MR) is 103 cm³/mol. The van der Waals surface area contributed by atoms with Crippen molar-refractivity contribution < 1.29 is 13.6 Å². The Morgan fingerprint density at radius 3 is 2.85 bits per heavy atom. The number of nitrogens with one attached hydrogen (secondary N) is 1. The number of thiazole rings is 1. The SMILES string of the molecule is O=C(CN1CCCC[C@H]1c1nc2ccccc2s1)Nc1ccc(F)c(F)c1. The van der Waals surface area contributed by atoms with Crippen LogP contribution in [0.3, 0.4) is 0 Å². The third kappa shape index (κ3) is 3.99. The number of amides is 1. The van der Waals surface area contributed by atoms with E-state index in [1.54, 1.807) is 11.3 Å². The van der Waals surface area contributed by atoms with Gasteiger partial charge in [0.25, 0.3) is 0 Å². The number of piperidine rings is 1. The molecule has 0 unspecified atom stereocenters. The van der Waals surface area contributed by atoms with Crippen LogP contribution in [0.25, 0.3) is 10.2 Å². The van der Waals surface area contributed by atoms with E-state index in [0.29, 0.717) is 0 Å². The Labute approximate surface area is 159 Å². The molecule has 7 heteroatoms. The van der Waals surface area contributed by atoms with Crippen molar-refractivity contribution in [2.24, 2.45) is 0 Å². The maximum Gasteiger partial charge on any atom is 0.238 e. The summed E-state index contributed by atoms with van der Waals surface area (Å²) in [4.78, 5) is 19.3. The van der Waals surface area contributed by atoms with Gasteiger partial charge in [0, 0.05) is 11.8 Å². The highest BCUT2D eigenvalue weighted by Gasteiger charge is 2.28. The van der Waals surface area contributed by atoms with Crippen LogP contribution in [0.5, 0.6) is 0 Å². The topological polar surface area (TPSA) is 45.2 Å². The lowest BCUT2D eigenvalue weighted by Gasteiger charge is -2.33. The van der Waals surface area contributed by atoms with Crippen molar-refractivity contribution in [1.29, 1.82) is 0 Å². The van der Waals surface area contributed by atoms with Gasteiger partial charge in [0.05, 0.1) is 22.8 Å². The van der Waals surface area contributed by atoms with Gasteiger partial charge in [0.2, 0.25) is 5.91 Å². The van der Waals surface area contributed by atoms with Gasteiger partial charge in [-0.25, -0.2) is 13.8 Å². The zero-order valence-electron chi connectivity index (χ0n) is 14.6.